The Hall–Kier alpha value is -1.06. The first kappa shape index (κ1) is 13.9. The van der Waals surface area contributed by atoms with E-state index in [2.05, 4.69) is 10.6 Å². The molecule has 4 nitrogen and oxygen atoms in total. The van der Waals surface area contributed by atoms with Gasteiger partial charge in [-0.25, -0.2) is 0 Å². The lowest BCUT2D eigenvalue weighted by Gasteiger charge is -2.16. The Morgan fingerprint density at radius 1 is 0.933 bits per heavy atom. The maximum atomic E-state index is 11.3. The second-order valence-electron chi connectivity index (χ2n) is 4.46. The minimum absolute atomic E-state index is 0.0145. The van der Waals surface area contributed by atoms with Gasteiger partial charge in [0, 0.05) is 24.4 Å². The summed E-state index contributed by atoms with van der Waals surface area (Å²) in [5.74, 6) is -0.00630. The molecule has 1 atom stereocenters. The molecule has 0 aromatic heterocycles. The lowest BCUT2D eigenvalue weighted by Crippen LogP contribution is -2.44. The van der Waals surface area contributed by atoms with E-state index < -0.39 is 0 Å². The minimum Gasteiger partial charge on any atom is -0.354 e. The molecule has 0 unspecified atom stereocenters. The molecule has 0 heterocycles. The summed E-state index contributed by atoms with van der Waals surface area (Å²) in [5.41, 5.74) is 0. The first-order valence-electron chi connectivity index (χ1n) is 5.42. The Kier molecular flexibility index (Phi) is 5.97. The Morgan fingerprint density at radius 2 is 1.40 bits per heavy atom. The van der Waals surface area contributed by atoms with Gasteiger partial charge in [0.25, 0.3) is 0 Å². The monoisotopic (exact) mass is 214 g/mol. The van der Waals surface area contributed by atoms with E-state index in [9.17, 15) is 9.59 Å². The van der Waals surface area contributed by atoms with Gasteiger partial charge in [-0.05, 0) is 6.92 Å². The second-order valence-corrected chi connectivity index (χ2v) is 4.46. The quantitative estimate of drug-likeness (QED) is 0.715. The number of hydrogen-bond acceptors (Lipinski definition) is 2. The molecule has 0 spiro atoms. The van der Waals surface area contributed by atoms with Crippen LogP contribution in [-0.2, 0) is 9.59 Å². The van der Waals surface area contributed by atoms with E-state index >= 15 is 0 Å². The van der Waals surface area contributed by atoms with Crippen molar-refractivity contribution in [2.45, 2.75) is 40.7 Å². The van der Waals surface area contributed by atoms with Crippen molar-refractivity contribution in [3.05, 3.63) is 0 Å². The third-order valence-corrected chi connectivity index (χ3v) is 2.02. The van der Waals surface area contributed by atoms with Gasteiger partial charge in [-0.1, -0.05) is 27.7 Å². The van der Waals surface area contributed by atoms with Gasteiger partial charge in [0.1, 0.15) is 0 Å². The lowest BCUT2D eigenvalue weighted by atomic mass is 10.2. The molecule has 2 amide bonds. The molecule has 0 aliphatic rings. The highest BCUT2D eigenvalue weighted by Crippen LogP contribution is 1.93. The molecule has 0 aliphatic carbocycles. The Balaban J connectivity index is 3.80. The molecule has 2 N–H and O–H groups in total. The fourth-order valence-electron chi connectivity index (χ4n) is 0.918. The van der Waals surface area contributed by atoms with Gasteiger partial charge in [-0.2, -0.15) is 0 Å². The lowest BCUT2D eigenvalue weighted by molar-refractivity contribution is -0.126. The van der Waals surface area contributed by atoms with E-state index in [0.29, 0.717) is 6.54 Å². The largest absolute Gasteiger partial charge is 0.354 e. The zero-order valence-electron chi connectivity index (χ0n) is 10.3. The third kappa shape index (κ3) is 6.10. The van der Waals surface area contributed by atoms with Crippen LogP contribution >= 0.6 is 0 Å². The number of hydrogen-bond donors (Lipinski definition) is 2. The molecule has 0 saturated carbocycles. The summed E-state index contributed by atoms with van der Waals surface area (Å²) < 4.78 is 0. The van der Waals surface area contributed by atoms with Crippen molar-refractivity contribution in [1.82, 2.24) is 10.6 Å². The van der Waals surface area contributed by atoms with Crippen LogP contribution in [0.15, 0.2) is 0 Å². The smallest absolute Gasteiger partial charge is 0.222 e. The van der Waals surface area contributed by atoms with Crippen LogP contribution in [0.5, 0.6) is 0 Å². The van der Waals surface area contributed by atoms with Gasteiger partial charge in [0.05, 0.1) is 0 Å². The third-order valence-electron chi connectivity index (χ3n) is 2.02. The topological polar surface area (TPSA) is 58.2 Å². The molecule has 0 radical (unpaired) electrons. The summed E-state index contributed by atoms with van der Waals surface area (Å²) in [4.78, 5) is 22.6. The summed E-state index contributed by atoms with van der Waals surface area (Å²) in [6, 6.07) is -0.0254. The van der Waals surface area contributed by atoms with E-state index in [1.807, 2.05) is 34.6 Å². The Morgan fingerprint density at radius 3 is 1.80 bits per heavy atom. The maximum absolute atomic E-state index is 11.3. The van der Waals surface area contributed by atoms with Gasteiger partial charge in [-0.3, -0.25) is 9.59 Å². The molecule has 0 bridgehead atoms. The van der Waals surface area contributed by atoms with Crippen molar-refractivity contribution in [2.75, 3.05) is 6.54 Å². The predicted molar refractivity (Wildman–Crippen MR) is 60.3 cm³/mol. The van der Waals surface area contributed by atoms with Crippen molar-refractivity contribution in [2.24, 2.45) is 11.8 Å². The van der Waals surface area contributed by atoms with E-state index in [-0.39, 0.29) is 29.7 Å². The zero-order chi connectivity index (χ0) is 12.0. The Bertz CT molecular complexity index is 225. The minimum atomic E-state index is -0.0254. The van der Waals surface area contributed by atoms with Crippen LogP contribution in [0.2, 0.25) is 0 Å². The van der Waals surface area contributed by atoms with Crippen molar-refractivity contribution < 1.29 is 9.59 Å². The van der Waals surface area contributed by atoms with Gasteiger partial charge < -0.3 is 10.6 Å². The molecular weight excluding hydrogens is 192 g/mol. The highest BCUT2D eigenvalue weighted by Gasteiger charge is 2.12. The average molecular weight is 214 g/mol. The molecule has 88 valence electrons. The molecule has 0 aliphatic heterocycles. The van der Waals surface area contributed by atoms with E-state index in [0.717, 1.165) is 0 Å². The summed E-state index contributed by atoms with van der Waals surface area (Å²) in [6.45, 7) is 9.72. The van der Waals surface area contributed by atoms with Gasteiger partial charge in [-0.15, -0.1) is 0 Å². The van der Waals surface area contributed by atoms with Crippen LogP contribution < -0.4 is 10.6 Å². The van der Waals surface area contributed by atoms with Crippen molar-refractivity contribution >= 4 is 11.8 Å². The van der Waals surface area contributed by atoms with Crippen molar-refractivity contribution in [1.29, 1.82) is 0 Å². The number of rotatable bonds is 5. The van der Waals surface area contributed by atoms with Crippen molar-refractivity contribution in [3.63, 3.8) is 0 Å². The summed E-state index contributed by atoms with van der Waals surface area (Å²) >= 11 is 0. The summed E-state index contributed by atoms with van der Waals surface area (Å²) in [7, 11) is 0. The number of nitrogens with one attached hydrogen (secondary N) is 2. The fourth-order valence-corrected chi connectivity index (χ4v) is 0.918. The second kappa shape index (κ2) is 6.43. The number of carbonyl (C=O) groups is 2. The molecule has 15 heavy (non-hydrogen) atoms. The predicted octanol–water partition coefficient (Wildman–Crippen LogP) is 0.919. The van der Waals surface area contributed by atoms with Crippen LogP contribution in [0.3, 0.4) is 0 Å². The standard InChI is InChI=1S/C11H22N2O2/c1-7(2)10(14)12-6-9(5)13-11(15)8(3)4/h7-9H,6H2,1-5H3,(H,12,14)(H,13,15)/t9-/m1/s1. The van der Waals surface area contributed by atoms with Crippen LogP contribution in [0, 0.1) is 11.8 Å². The van der Waals surface area contributed by atoms with E-state index in [1.54, 1.807) is 0 Å². The van der Waals surface area contributed by atoms with E-state index in [4.69, 9.17) is 0 Å². The Labute approximate surface area is 91.8 Å². The average Bonchev–Trinajstić information content (AvgIpc) is 2.13. The molecule has 4 heteroatoms. The number of carbonyl (C=O) groups excluding carboxylic acids is 2. The van der Waals surface area contributed by atoms with E-state index in [1.165, 1.54) is 0 Å². The molecule has 0 aromatic carbocycles. The first-order valence-corrected chi connectivity index (χ1v) is 5.42. The molecular formula is C11H22N2O2. The fraction of sp³-hybridized carbons (Fsp3) is 0.818. The highest BCUT2D eigenvalue weighted by atomic mass is 16.2. The molecule has 0 fully saturated rings. The molecule has 0 rings (SSSR count). The molecule has 0 aromatic rings. The van der Waals surface area contributed by atoms with Gasteiger partial charge in [0.2, 0.25) is 11.8 Å². The summed E-state index contributed by atoms with van der Waals surface area (Å²) in [6.07, 6.45) is 0. The normalized spacial score (nSPS) is 12.7. The van der Waals surface area contributed by atoms with Crippen LogP contribution in [0.4, 0.5) is 0 Å². The van der Waals surface area contributed by atoms with Gasteiger partial charge >= 0.3 is 0 Å². The van der Waals surface area contributed by atoms with Crippen molar-refractivity contribution in [3.8, 4) is 0 Å². The number of amides is 2. The van der Waals surface area contributed by atoms with Gasteiger partial charge in [0.15, 0.2) is 0 Å². The SMILES string of the molecule is CC(C)C(=O)NC[C@@H](C)NC(=O)C(C)C. The highest BCUT2D eigenvalue weighted by molar-refractivity contribution is 5.79. The summed E-state index contributed by atoms with van der Waals surface area (Å²) in [5, 5.41) is 5.59. The van der Waals surface area contributed by atoms with Crippen LogP contribution in [-0.4, -0.2) is 24.4 Å². The molecule has 0 saturated heterocycles. The maximum Gasteiger partial charge on any atom is 0.222 e. The van der Waals surface area contributed by atoms with Crippen LogP contribution in [0.25, 0.3) is 0 Å². The zero-order valence-corrected chi connectivity index (χ0v) is 10.3. The van der Waals surface area contributed by atoms with Crippen LogP contribution in [0.1, 0.15) is 34.6 Å². The first-order chi connectivity index (χ1) is 6.84.